The number of ether oxygens (including phenoxy) is 1. The van der Waals surface area contributed by atoms with Gasteiger partial charge >= 0.3 is 5.69 Å². The summed E-state index contributed by atoms with van der Waals surface area (Å²) in [7, 11) is 0. The molecule has 2 atom stereocenters. The van der Waals surface area contributed by atoms with Gasteiger partial charge in [-0.15, -0.1) is 0 Å². The summed E-state index contributed by atoms with van der Waals surface area (Å²) in [5.41, 5.74) is 1.61. The zero-order valence-electron chi connectivity index (χ0n) is 14.7. The fraction of sp³-hybridized carbons (Fsp3) is 0.579. The van der Waals surface area contributed by atoms with Crippen LogP contribution in [0, 0.1) is 0 Å². The lowest BCUT2D eigenvalue weighted by molar-refractivity contribution is -0.150. The van der Waals surface area contributed by atoms with E-state index in [9.17, 15) is 9.59 Å². The molecule has 0 radical (unpaired) electrons. The maximum Gasteiger partial charge on any atom is 0.329 e. The van der Waals surface area contributed by atoms with E-state index < -0.39 is 0 Å². The third kappa shape index (κ3) is 2.78. The largest absolute Gasteiger partial charge is 0.374 e. The Morgan fingerprint density at radius 3 is 2.64 bits per heavy atom. The Labute approximate surface area is 147 Å². The van der Waals surface area contributed by atoms with Gasteiger partial charge in [0.15, 0.2) is 0 Å². The molecule has 2 unspecified atom stereocenters. The van der Waals surface area contributed by atoms with Gasteiger partial charge in [-0.05, 0) is 31.9 Å². The lowest BCUT2D eigenvalue weighted by Crippen LogP contribution is -2.55. The fourth-order valence-electron chi connectivity index (χ4n) is 4.36. The first-order valence-corrected chi connectivity index (χ1v) is 9.30. The lowest BCUT2D eigenvalue weighted by Gasteiger charge is -2.43. The molecule has 6 heteroatoms. The number of nitrogens with zero attached hydrogens (tertiary/aromatic N) is 3. The summed E-state index contributed by atoms with van der Waals surface area (Å²) in [6.07, 6.45) is 4.52. The summed E-state index contributed by atoms with van der Waals surface area (Å²) < 4.78 is 9.21. The third-order valence-electron chi connectivity index (χ3n) is 5.59. The number of amides is 1. The molecule has 2 fully saturated rings. The second-order valence-corrected chi connectivity index (χ2v) is 6.95. The van der Waals surface area contributed by atoms with Gasteiger partial charge in [-0.2, -0.15) is 0 Å². The Morgan fingerprint density at radius 2 is 1.88 bits per heavy atom. The van der Waals surface area contributed by atoms with Crippen LogP contribution < -0.4 is 5.69 Å². The molecule has 0 bridgehead atoms. The van der Waals surface area contributed by atoms with Crippen LogP contribution in [0.5, 0.6) is 0 Å². The predicted octanol–water partition coefficient (Wildman–Crippen LogP) is 1.99. The van der Waals surface area contributed by atoms with E-state index in [0.717, 1.165) is 30.3 Å². The molecular weight excluding hydrogens is 318 g/mol. The van der Waals surface area contributed by atoms with E-state index in [1.807, 2.05) is 36.1 Å². The van der Waals surface area contributed by atoms with Gasteiger partial charge in [-0.1, -0.05) is 25.0 Å². The van der Waals surface area contributed by atoms with Gasteiger partial charge in [0.1, 0.15) is 6.54 Å². The van der Waals surface area contributed by atoms with Gasteiger partial charge < -0.3 is 9.64 Å². The zero-order chi connectivity index (χ0) is 17.4. The fourth-order valence-corrected chi connectivity index (χ4v) is 4.36. The van der Waals surface area contributed by atoms with Crippen LogP contribution in [0.25, 0.3) is 11.0 Å². The highest BCUT2D eigenvalue weighted by molar-refractivity contribution is 5.81. The number of fused-ring (bicyclic) bond motifs is 2. The number of morpholine rings is 1. The van der Waals surface area contributed by atoms with Crippen LogP contribution in [0.2, 0.25) is 0 Å². The molecule has 25 heavy (non-hydrogen) atoms. The number of imidazole rings is 1. The van der Waals surface area contributed by atoms with Gasteiger partial charge in [0.05, 0.1) is 29.8 Å². The summed E-state index contributed by atoms with van der Waals surface area (Å²) >= 11 is 0. The normalized spacial score (nSPS) is 23.6. The van der Waals surface area contributed by atoms with Gasteiger partial charge in [-0.25, -0.2) is 4.79 Å². The summed E-state index contributed by atoms with van der Waals surface area (Å²) in [6, 6.07) is 7.86. The van der Waals surface area contributed by atoms with Crippen molar-refractivity contribution in [3.63, 3.8) is 0 Å². The summed E-state index contributed by atoms with van der Waals surface area (Å²) in [4.78, 5) is 27.7. The van der Waals surface area contributed by atoms with Gasteiger partial charge in [-0.3, -0.25) is 13.9 Å². The Kier molecular flexibility index (Phi) is 4.37. The van der Waals surface area contributed by atoms with Crippen molar-refractivity contribution in [1.82, 2.24) is 14.0 Å². The van der Waals surface area contributed by atoms with Crippen molar-refractivity contribution in [3.8, 4) is 0 Å². The van der Waals surface area contributed by atoms with E-state index in [0.29, 0.717) is 19.7 Å². The molecule has 1 saturated carbocycles. The van der Waals surface area contributed by atoms with Crippen LogP contribution in [0.15, 0.2) is 29.1 Å². The highest BCUT2D eigenvalue weighted by Crippen LogP contribution is 2.28. The number of carbonyl (C=O) groups is 1. The van der Waals surface area contributed by atoms with Crippen molar-refractivity contribution < 1.29 is 9.53 Å². The van der Waals surface area contributed by atoms with Gasteiger partial charge in [0, 0.05) is 13.1 Å². The van der Waals surface area contributed by atoms with E-state index in [4.69, 9.17) is 4.74 Å². The molecular formula is C19H25N3O3. The number of benzene rings is 1. The molecule has 2 aliphatic rings. The summed E-state index contributed by atoms with van der Waals surface area (Å²) in [5, 5.41) is 0. The average Bonchev–Trinajstić information content (AvgIpc) is 2.92. The Balaban J connectivity index is 1.64. The SMILES string of the molecule is CCn1c(=O)n(CC(=O)N2CCOC3CCCCC32)c2ccccc21. The molecule has 1 aromatic heterocycles. The van der Waals surface area contributed by atoms with Crippen LogP contribution in [0.3, 0.4) is 0 Å². The van der Waals surface area contributed by atoms with Crippen LogP contribution in [0.4, 0.5) is 0 Å². The molecule has 2 aromatic rings. The minimum Gasteiger partial charge on any atom is -0.374 e. The molecule has 2 heterocycles. The van der Waals surface area contributed by atoms with E-state index >= 15 is 0 Å². The maximum atomic E-state index is 13.0. The Hall–Kier alpha value is -2.08. The molecule has 0 spiro atoms. The first kappa shape index (κ1) is 16.4. The predicted molar refractivity (Wildman–Crippen MR) is 95.6 cm³/mol. The zero-order valence-corrected chi connectivity index (χ0v) is 14.7. The second kappa shape index (κ2) is 6.67. The van der Waals surface area contributed by atoms with Crippen molar-refractivity contribution in [1.29, 1.82) is 0 Å². The first-order valence-electron chi connectivity index (χ1n) is 9.30. The van der Waals surface area contributed by atoms with Crippen molar-refractivity contribution in [2.45, 2.75) is 57.8 Å². The monoisotopic (exact) mass is 343 g/mol. The van der Waals surface area contributed by atoms with E-state index in [2.05, 4.69) is 0 Å². The number of hydrogen-bond donors (Lipinski definition) is 0. The maximum absolute atomic E-state index is 13.0. The van der Waals surface area contributed by atoms with Crippen molar-refractivity contribution in [3.05, 3.63) is 34.7 Å². The third-order valence-corrected chi connectivity index (χ3v) is 5.59. The minimum absolute atomic E-state index is 0.0290. The molecule has 6 nitrogen and oxygen atoms in total. The molecule has 1 aliphatic carbocycles. The number of carbonyl (C=O) groups excluding carboxylic acids is 1. The topological polar surface area (TPSA) is 56.5 Å². The first-order chi connectivity index (χ1) is 12.2. The molecule has 4 rings (SSSR count). The van der Waals surface area contributed by atoms with Crippen LogP contribution in [0.1, 0.15) is 32.6 Å². The van der Waals surface area contributed by atoms with E-state index in [1.54, 1.807) is 9.13 Å². The number of rotatable bonds is 3. The van der Waals surface area contributed by atoms with Crippen LogP contribution >= 0.6 is 0 Å². The van der Waals surface area contributed by atoms with E-state index in [-0.39, 0.29) is 30.3 Å². The molecule has 0 N–H and O–H groups in total. The molecule has 1 amide bonds. The van der Waals surface area contributed by atoms with Crippen molar-refractivity contribution >= 4 is 16.9 Å². The quantitative estimate of drug-likeness (QED) is 0.856. The number of aryl methyl sites for hydroxylation is 1. The smallest absolute Gasteiger partial charge is 0.329 e. The molecule has 134 valence electrons. The lowest BCUT2D eigenvalue weighted by atomic mass is 9.90. The molecule has 1 aliphatic heterocycles. The van der Waals surface area contributed by atoms with E-state index in [1.165, 1.54) is 6.42 Å². The second-order valence-electron chi connectivity index (χ2n) is 6.95. The number of para-hydroxylation sites is 2. The van der Waals surface area contributed by atoms with Crippen molar-refractivity contribution in [2.75, 3.05) is 13.2 Å². The average molecular weight is 343 g/mol. The standard InChI is InChI=1S/C19H25N3O3/c1-2-20-14-7-3-4-8-15(14)22(19(20)24)13-18(23)21-11-12-25-17-10-6-5-9-16(17)21/h3-4,7-8,16-17H,2,5-6,9-13H2,1H3. The number of aromatic nitrogens is 2. The van der Waals surface area contributed by atoms with Gasteiger partial charge in [0.2, 0.25) is 5.91 Å². The number of hydrogen-bond acceptors (Lipinski definition) is 3. The summed E-state index contributed by atoms with van der Waals surface area (Å²) in [5.74, 6) is 0.0290. The highest BCUT2D eigenvalue weighted by atomic mass is 16.5. The van der Waals surface area contributed by atoms with Gasteiger partial charge in [0.25, 0.3) is 0 Å². The van der Waals surface area contributed by atoms with Crippen LogP contribution in [-0.2, 0) is 22.6 Å². The Morgan fingerprint density at radius 1 is 1.16 bits per heavy atom. The molecule has 1 saturated heterocycles. The Bertz CT molecular complexity index is 836. The highest BCUT2D eigenvalue weighted by Gasteiger charge is 2.36. The van der Waals surface area contributed by atoms with Crippen molar-refractivity contribution in [2.24, 2.45) is 0 Å². The summed E-state index contributed by atoms with van der Waals surface area (Å²) in [6.45, 7) is 3.88. The minimum atomic E-state index is -0.106. The molecule has 1 aromatic carbocycles. The van der Waals surface area contributed by atoms with Crippen LogP contribution in [-0.4, -0.2) is 45.2 Å².